The van der Waals surface area contributed by atoms with E-state index in [4.69, 9.17) is 24.7 Å². The lowest BCUT2D eigenvalue weighted by Crippen LogP contribution is -2.40. The molecule has 1 amide bonds. The minimum atomic E-state index is -0.853. The van der Waals surface area contributed by atoms with Crippen LogP contribution in [-0.2, 0) is 18.2 Å². The molecule has 3 aromatic heterocycles. The van der Waals surface area contributed by atoms with Crippen LogP contribution in [0.1, 0.15) is 36.2 Å². The van der Waals surface area contributed by atoms with Crippen LogP contribution < -0.4 is 4.90 Å². The summed E-state index contributed by atoms with van der Waals surface area (Å²) in [6.07, 6.45) is 0.564. The predicted molar refractivity (Wildman–Crippen MR) is 133 cm³/mol. The Labute approximate surface area is 207 Å². The zero-order chi connectivity index (χ0) is 24.8. The predicted octanol–water partition coefficient (Wildman–Crippen LogP) is 2.68. The van der Waals surface area contributed by atoms with Gasteiger partial charge in [-0.1, -0.05) is 19.1 Å². The highest BCUT2D eigenvalue weighted by atomic mass is 19.1. The summed E-state index contributed by atoms with van der Waals surface area (Å²) in [5, 5.41) is 0. The van der Waals surface area contributed by atoms with Crippen molar-refractivity contribution in [3.8, 4) is 5.95 Å². The van der Waals surface area contributed by atoms with Crippen molar-refractivity contribution in [2.24, 2.45) is 7.05 Å². The van der Waals surface area contributed by atoms with Gasteiger partial charge in [0, 0.05) is 39.6 Å². The number of morpholine rings is 1. The van der Waals surface area contributed by atoms with E-state index < -0.39 is 6.17 Å². The van der Waals surface area contributed by atoms with Gasteiger partial charge in [-0.2, -0.15) is 9.97 Å². The highest BCUT2D eigenvalue weighted by Gasteiger charge is 2.30. The second-order valence-corrected chi connectivity index (χ2v) is 9.29. The number of halogens is 1. The van der Waals surface area contributed by atoms with Gasteiger partial charge in [-0.15, -0.1) is 0 Å². The van der Waals surface area contributed by atoms with E-state index in [2.05, 4.69) is 11.8 Å². The first-order valence-corrected chi connectivity index (χ1v) is 12.5. The molecule has 0 spiro atoms. The Morgan fingerprint density at radius 2 is 1.81 bits per heavy atom. The van der Waals surface area contributed by atoms with Gasteiger partial charge in [0.1, 0.15) is 12.0 Å². The molecule has 10 nitrogen and oxygen atoms in total. The number of aryl methyl sites for hydroxylation is 2. The molecule has 4 aromatic rings. The molecule has 0 bridgehead atoms. The topological polar surface area (TPSA) is 94.2 Å². The first-order chi connectivity index (χ1) is 17.5. The number of rotatable bonds is 4. The zero-order valence-electron chi connectivity index (χ0n) is 20.5. The monoisotopic (exact) mass is 492 g/mol. The van der Waals surface area contributed by atoms with Crippen molar-refractivity contribution in [2.75, 3.05) is 44.3 Å². The van der Waals surface area contributed by atoms with Crippen molar-refractivity contribution >= 4 is 33.9 Å². The molecule has 36 heavy (non-hydrogen) atoms. The number of anilines is 1. The fraction of sp³-hybridized carbons (Fsp3) is 0.480. The number of carbonyl (C=O) groups is 1. The average molecular weight is 493 g/mol. The molecule has 2 aliphatic rings. The molecule has 11 heteroatoms. The quantitative estimate of drug-likeness (QED) is 0.432. The lowest BCUT2D eigenvalue weighted by Gasteiger charge is -2.28. The minimum Gasteiger partial charge on any atom is -0.378 e. The number of ether oxygens (including phenoxy) is 1. The molecule has 0 unspecified atom stereocenters. The van der Waals surface area contributed by atoms with Crippen LogP contribution in [0.4, 0.5) is 10.2 Å². The molecule has 2 aliphatic heterocycles. The number of aromatic nitrogens is 6. The van der Waals surface area contributed by atoms with E-state index in [-0.39, 0.29) is 11.7 Å². The van der Waals surface area contributed by atoms with Gasteiger partial charge < -0.3 is 19.1 Å². The Bertz CT molecular complexity index is 1430. The number of likely N-dealkylation sites (tertiary alicyclic amines) is 1. The van der Waals surface area contributed by atoms with Gasteiger partial charge >= 0.3 is 0 Å². The number of benzene rings is 1. The SMILES string of the molecule is CCc1nc2ccccc2n1-c1nc(N2CCOCC2)c2nc(C(=O)N3CCC(F)CC3)n(C)c2n1. The summed E-state index contributed by atoms with van der Waals surface area (Å²) in [6.45, 7) is 5.34. The normalized spacial score (nSPS) is 17.4. The Morgan fingerprint density at radius 1 is 1.06 bits per heavy atom. The van der Waals surface area contributed by atoms with Gasteiger partial charge in [0.05, 0.1) is 24.2 Å². The van der Waals surface area contributed by atoms with E-state index in [1.54, 1.807) is 16.5 Å². The smallest absolute Gasteiger partial charge is 0.289 e. The summed E-state index contributed by atoms with van der Waals surface area (Å²) >= 11 is 0. The van der Waals surface area contributed by atoms with Crippen molar-refractivity contribution in [1.82, 2.24) is 34.0 Å². The lowest BCUT2D eigenvalue weighted by molar-refractivity contribution is 0.0651. The first kappa shape index (κ1) is 22.8. The van der Waals surface area contributed by atoms with Gasteiger partial charge in [0.2, 0.25) is 11.8 Å². The van der Waals surface area contributed by atoms with Gasteiger partial charge in [-0.3, -0.25) is 9.36 Å². The van der Waals surface area contributed by atoms with Crippen molar-refractivity contribution in [2.45, 2.75) is 32.4 Å². The number of imidazole rings is 2. The number of piperidine rings is 1. The number of para-hydroxylation sites is 2. The summed E-state index contributed by atoms with van der Waals surface area (Å²) in [5.41, 5.74) is 2.96. The Kier molecular flexibility index (Phi) is 5.79. The number of hydrogen-bond acceptors (Lipinski definition) is 7. The summed E-state index contributed by atoms with van der Waals surface area (Å²) in [7, 11) is 1.80. The maximum absolute atomic E-state index is 13.7. The minimum absolute atomic E-state index is 0.209. The Balaban J connectivity index is 1.53. The number of fused-ring (bicyclic) bond motifs is 2. The van der Waals surface area contributed by atoms with Gasteiger partial charge in [0.15, 0.2) is 17.0 Å². The highest BCUT2D eigenvalue weighted by Crippen LogP contribution is 2.29. The van der Waals surface area contributed by atoms with E-state index in [9.17, 15) is 9.18 Å². The molecule has 0 saturated carbocycles. The van der Waals surface area contributed by atoms with E-state index in [0.717, 1.165) is 16.9 Å². The molecular formula is C25H29FN8O2. The van der Waals surface area contributed by atoms with Crippen LogP contribution in [0.15, 0.2) is 24.3 Å². The molecule has 5 heterocycles. The molecule has 2 saturated heterocycles. The standard InChI is InChI=1S/C25H29FN8O2/c1-3-19-27-17-6-4-5-7-18(17)34(19)25-29-21-20(22(30-25)32-12-14-36-15-13-32)28-23(31(21)2)24(35)33-10-8-16(26)9-11-33/h4-7,16H,3,8-15H2,1-2H3. The molecule has 6 rings (SSSR count). The maximum Gasteiger partial charge on any atom is 0.289 e. The van der Waals surface area contributed by atoms with Crippen LogP contribution in [0, 0.1) is 0 Å². The molecule has 0 atom stereocenters. The summed E-state index contributed by atoms with van der Waals surface area (Å²) in [4.78, 5) is 36.7. The summed E-state index contributed by atoms with van der Waals surface area (Å²) in [6, 6.07) is 7.93. The molecule has 188 valence electrons. The largest absolute Gasteiger partial charge is 0.378 e. The zero-order valence-corrected chi connectivity index (χ0v) is 20.5. The number of hydrogen-bond donors (Lipinski definition) is 0. The van der Waals surface area contributed by atoms with Crippen molar-refractivity contribution < 1.29 is 13.9 Å². The van der Waals surface area contributed by atoms with Crippen LogP contribution in [0.2, 0.25) is 0 Å². The molecule has 2 fully saturated rings. The second kappa shape index (κ2) is 9.12. The van der Waals surface area contributed by atoms with Gasteiger partial charge in [-0.05, 0) is 25.0 Å². The van der Waals surface area contributed by atoms with Crippen molar-refractivity contribution in [3.63, 3.8) is 0 Å². The number of carbonyl (C=O) groups excluding carboxylic acids is 1. The molecular weight excluding hydrogens is 463 g/mol. The van der Waals surface area contributed by atoms with Crippen LogP contribution >= 0.6 is 0 Å². The van der Waals surface area contributed by atoms with Crippen molar-refractivity contribution in [1.29, 1.82) is 0 Å². The third-order valence-electron chi connectivity index (χ3n) is 7.05. The van der Waals surface area contributed by atoms with E-state index in [1.165, 1.54) is 0 Å². The van der Waals surface area contributed by atoms with Crippen LogP contribution in [0.5, 0.6) is 0 Å². The van der Waals surface area contributed by atoms with Crippen molar-refractivity contribution in [3.05, 3.63) is 35.9 Å². The fourth-order valence-electron chi connectivity index (χ4n) is 5.05. The third kappa shape index (κ3) is 3.78. The number of nitrogens with zero attached hydrogens (tertiary/aromatic N) is 8. The van der Waals surface area contributed by atoms with E-state index in [0.29, 0.717) is 81.6 Å². The van der Waals surface area contributed by atoms with Gasteiger partial charge in [0.25, 0.3) is 5.91 Å². The maximum atomic E-state index is 13.7. The lowest BCUT2D eigenvalue weighted by atomic mass is 10.1. The average Bonchev–Trinajstić information content (AvgIpc) is 3.46. The first-order valence-electron chi connectivity index (χ1n) is 12.5. The molecule has 0 aliphatic carbocycles. The number of alkyl halides is 1. The fourth-order valence-corrected chi connectivity index (χ4v) is 5.05. The van der Waals surface area contributed by atoms with Crippen LogP contribution in [-0.4, -0.2) is 85.4 Å². The molecule has 1 aromatic carbocycles. The summed E-state index contributed by atoms with van der Waals surface area (Å²) < 4.78 is 23.0. The molecule has 0 N–H and O–H groups in total. The number of amides is 1. The summed E-state index contributed by atoms with van der Waals surface area (Å²) in [5.74, 6) is 2.11. The van der Waals surface area contributed by atoms with Gasteiger partial charge in [-0.25, -0.2) is 14.4 Å². The van der Waals surface area contributed by atoms with E-state index in [1.807, 2.05) is 28.8 Å². The van der Waals surface area contributed by atoms with Crippen LogP contribution in [0.3, 0.4) is 0 Å². The van der Waals surface area contributed by atoms with E-state index >= 15 is 0 Å². The Hall–Kier alpha value is -3.60. The second-order valence-electron chi connectivity index (χ2n) is 9.29. The van der Waals surface area contributed by atoms with Crippen LogP contribution in [0.25, 0.3) is 28.1 Å². The third-order valence-corrected chi connectivity index (χ3v) is 7.05. The Morgan fingerprint density at radius 3 is 2.56 bits per heavy atom. The highest BCUT2D eigenvalue weighted by molar-refractivity contribution is 5.96. The molecule has 0 radical (unpaired) electrons.